The lowest BCUT2D eigenvalue weighted by atomic mass is 10.1. The van der Waals surface area contributed by atoms with Gasteiger partial charge in [-0.05, 0) is 6.92 Å². The van der Waals surface area contributed by atoms with Crippen LogP contribution in [0.1, 0.15) is 19.8 Å². The second-order valence-electron chi connectivity index (χ2n) is 3.57. The molecular formula is C10H13N3O2. The van der Waals surface area contributed by atoms with E-state index in [1.54, 1.807) is 15.8 Å². The van der Waals surface area contributed by atoms with E-state index in [0.29, 0.717) is 13.0 Å². The number of anilines is 1. The molecule has 80 valence electrons. The van der Waals surface area contributed by atoms with E-state index in [9.17, 15) is 9.59 Å². The summed E-state index contributed by atoms with van der Waals surface area (Å²) < 4.78 is 1.76. The molecule has 2 rings (SSSR count). The number of amides is 1. The van der Waals surface area contributed by atoms with Gasteiger partial charge < -0.3 is 4.90 Å². The highest BCUT2D eigenvalue weighted by atomic mass is 16.2. The number of ketones is 1. The van der Waals surface area contributed by atoms with Crippen molar-refractivity contribution in [2.45, 2.75) is 26.3 Å². The van der Waals surface area contributed by atoms with Crippen molar-refractivity contribution in [1.82, 2.24) is 9.78 Å². The summed E-state index contributed by atoms with van der Waals surface area (Å²) in [5.74, 6) is -0.0963. The number of rotatable bonds is 2. The molecular weight excluding hydrogens is 194 g/mol. The molecule has 15 heavy (non-hydrogen) atoms. The van der Waals surface area contributed by atoms with E-state index < -0.39 is 0 Å². The van der Waals surface area contributed by atoms with Gasteiger partial charge >= 0.3 is 0 Å². The van der Waals surface area contributed by atoms with E-state index in [0.717, 1.165) is 12.2 Å². The first-order valence-corrected chi connectivity index (χ1v) is 5.05. The molecule has 1 aliphatic rings. The molecule has 2 heterocycles. The Bertz CT molecular complexity index is 397. The van der Waals surface area contributed by atoms with Crippen molar-refractivity contribution in [3.63, 3.8) is 0 Å². The Hall–Kier alpha value is -1.65. The molecule has 1 aromatic heterocycles. The van der Waals surface area contributed by atoms with Gasteiger partial charge in [-0.25, -0.2) is 0 Å². The van der Waals surface area contributed by atoms with E-state index in [1.807, 2.05) is 13.1 Å². The van der Waals surface area contributed by atoms with Gasteiger partial charge in [0.1, 0.15) is 5.78 Å². The van der Waals surface area contributed by atoms with E-state index in [4.69, 9.17) is 0 Å². The van der Waals surface area contributed by atoms with Crippen LogP contribution in [0.25, 0.3) is 0 Å². The monoisotopic (exact) mass is 207 g/mol. The summed E-state index contributed by atoms with van der Waals surface area (Å²) in [5, 5.41) is 4.10. The third-order valence-corrected chi connectivity index (χ3v) is 2.52. The van der Waals surface area contributed by atoms with Crippen LogP contribution >= 0.6 is 0 Å². The van der Waals surface area contributed by atoms with Crippen molar-refractivity contribution in [3.8, 4) is 0 Å². The van der Waals surface area contributed by atoms with E-state index in [-0.39, 0.29) is 18.1 Å². The minimum absolute atomic E-state index is 0.0251. The minimum Gasteiger partial charge on any atom is -0.309 e. The molecule has 1 aliphatic heterocycles. The smallest absolute Gasteiger partial charge is 0.234 e. The Morgan fingerprint density at radius 2 is 2.27 bits per heavy atom. The number of hydrogen-bond donors (Lipinski definition) is 0. The van der Waals surface area contributed by atoms with Crippen molar-refractivity contribution < 1.29 is 9.59 Å². The molecule has 1 amide bonds. The van der Waals surface area contributed by atoms with Gasteiger partial charge in [-0.15, -0.1) is 0 Å². The summed E-state index contributed by atoms with van der Waals surface area (Å²) in [6.07, 6.45) is 3.96. The highest BCUT2D eigenvalue weighted by molar-refractivity contribution is 6.08. The predicted molar refractivity (Wildman–Crippen MR) is 54.5 cm³/mol. The van der Waals surface area contributed by atoms with Gasteiger partial charge in [0.2, 0.25) is 5.91 Å². The van der Waals surface area contributed by atoms with Crippen LogP contribution < -0.4 is 4.90 Å². The van der Waals surface area contributed by atoms with Crippen molar-refractivity contribution in [3.05, 3.63) is 12.4 Å². The molecule has 1 saturated heterocycles. The third kappa shape index (κ3) is 1.91. The van der Waals surface area contributed by atoms with E-state index in [1.165, 1.54) is 0 Å². The van der Waals surface area contributed by atoms with Crippen LogP contribution in [0, 0.1) is 0 Å². The number of carbonyl (C=O) groups is 2. The van der Waals surface area contributed by atoms with E-state index >= 15 is 0 Å². The number of hydrogen-bond acceptors (Lipinski definition) is 3. The Labute approximate surface area is 87.7 Å². The summed E-state index contributed by atoms with van der Waals surface area (Å²) >= 11 is 0. The maximum absolute atomic E-state index is 11.6. The summed E-state index contributed by atoms with van der Waals surface area (Å²) in [6.45, 7) is 3.24. The first kappa shape index (κ1) is 9.89. The second-order valence-corrected chi connectivity index (χ2v) is 3.57. The molecule has 0 unspecified atom stereocenters. The van der Waals surface area contributed by atoms with Crippen LogP contribution in [0.4, 0.5) is 5.69 Å². The molecule has 0 aliphatic carbocycles. The molecule has 0 N–H and O–H groups in total. The van der Waals surface area contributed by atoms with Crippen LogP contribution in [-0.2, 0) is 16.1 Å². The Kier molecular flexibility index (Phi) is 2.53. The highest BCUT2D eigenvalue weighted by Gasteiger charge is 2.25. The molecule has 0 radical (unpaired) electrons. The molecule has 0 saturated carbocycles. The second kappa shape index (κ2) is 3.84. The fourth-order valence-electron chi connectivity index (χ4n) is 1.65. The number of aryl methyl sites for hydroxylation is 1. The van der Waals surface area contributed by atoms with Gasteiger partial charge in [-0.2, -0.15) is 5.10 Å². The highest BCUT2D eigenvalue weighted by Crippen LogP contribution is 2.18. The van der Waals surface area contributed by atoms with Crippen LogP contribution in [0.3, 0.4) is 0 Å². The molecule has 0 spiro atoms. The molecule has 0 bridgehead atoms. The van der Waals surface area contributed by atoms with Crippen LogP contribution in [0.15, 0.2) is 12.4 Å². The summed E-state index contributed by atoms with van der Waals surface area (Å²) in [7, 11) is 0. The predicted octanol–water partition coefficient (Wildman–Crippen LogP) is 0.599. The lowest BCUT2D eigenvalue weighted by Gasteiger charge is -2.24. The maximum Gasteiger partial charge on any atom is 0.234 e. The Morgan fingerprint density at radius 1 is 1.47 bits per heavy atom. The number of nitrogens with zero attached hydrogens (tertiary/aromatic N) is 3. The lowest BCUT2D eigenvalue weighted by Crippen LogP contribution is -2.38. The Morgan fingerprint density at radius 3 is 2.87 bits per heavy atom. The van der Waals surface area contributed by atoms with Gasteiger partial charge in [0, 0.05) is 25.7 Å². The molecule has 5 heteroatoms. The first-order chi connectivity index (χ1) is 7.20. The zero-order chi connectivity index (χ0) is 10.8. The van der Waals surface area contributed by atoms with Gasteiger partial charge in [0.15, 0.2) is 0 Å². The minimum atomic E-state index is -0.123. The van der Waals surface area contributed by atoms with E-state index in [2.05, 4.69) is 5.10 Å². The zero-order valence-corrected chi connectivity index (χ0v) is 8.64. The van der Waals surface area contributed by atoms with Gasteiger partial charge in [-0.1, -0.05) is 0 Å². The molecule has 5 nitrogen and oxygen atoms in total. The quantitative estimate of drug-likeness (QED) is 0.667. The number of carbonyl (C=O) groups excluding carboxylic acids is 2. The topological polar surface area (TPSA) is 55.2 Å². The molecule has 0 aromatic carbocycles. The third-order valence-electron chi connectivity index (χ3n) is 2.52. The molecule has 1 aromatic rings. The van der Waals surface area contributed by atoms with Gasteiger partial charge in [0.05, 0.1) is 18.3 Å². The molecule has 0 atom stereocenters. The van der Waals surface area contributed by atoms with Crippen molar-refractivity contribution in [2.75, 3.05) is 11.4 Å². The lowest BCUT2D eigenvalue weighted by molar-refractivity contribution is -0.128. The average molecular weight is 207 g/mol. The Balaban J connectivity index is 2.16. The fourth-order valence-corrected chi connectivity index (χ4v) is 1.65. The van der Waals surface area contributed by atoms with Crippen molar-refractivity contribution >= 4 is 17.4 Å². The standard InChI is InChI=1S/C10H13N3O2/c1-2-12-7-8(6-11-12)13-4-3-9(14)5-10(13)15/h6-7H,2-5H2,1H3. The first-order valence-electron chi connectivity index (χ1n) is 5.05. The largest absolute Gasteiger partial charge is 0.309 e. The van der Waals surface area contributed by atoms with Crippen LogP contribution in [0.5, 0.6) is 0 Å². The average Bonchev–Trinajstić information content (AvgIpc) is 2.66. The normalized spacial score (nSPS) is 17.3. The maximum atomic E-state index is 11.6. The van der Waals surface area contributed by atoms with Gasteiger partial charge in [0.25, 0.3) is 0 Å². The number of piperidine rings is 1. The number of Topliss-reactive ketones (excluding diaryl/α,β-unsaturated/α-hetero) is 1. The van der Waals surface area contributed by atoms with Crippen LogP contribution in [0.2, 0.25) is 0 Å². The van der Waals surface area contributed by atoms with Crippen molar-refractivity contribution in [2.24, 2.45) is 0 Å². The SMILES string of the molecule is CCn1cc(N2CCC(=O)CC2=O)cn1. The molecule has 1 fully saturated rings. The zero-order valence-electron chi connectivity index (χ0n) is 8.64. The number of aromatic nitrogens is 2. The summed E-state index contributed by atoms with van der Waals surface area (Å²) in [4.78, 5) is 24.2. The van der Waals surface area contributed by atoms with Gasteiger partial charge in [-0.3, -0.25) is 14.3 Å². The van der Waals surface area contributed by atoms with Crippen molar-refractivity contribution in [1.29, 1.82) is 0 Å². The fraction of sp³-hybridized carbons (Fsp3) is 0.500. The summed E-state index contributed by atoms with van der Waals surface area (Å²) in [5.41, 5.74) is 0.786. The van der Waals surface area contributed by atoms with Crippen LogP contribution in [-0.4, -0.2) is 28.0 Å². The summed E-state index contributed by atoms with van der Waals surface area (Å²) in [6, 6.07) is 0.